The lowest BCUT2D eigenvalue weighted by Gasteiger charge is -2.10. The van der Waals surface area contributed by atoms with Gasteiger partial charge in [-0.3, -0.25) is 14.2 Å². The van der Waals surface area contributed by atoms with Gasteiger partial charge in [-0.1, -0.05) is 23.2 Å². The van der Waals surface area contributed by atoms with Crippen LogP contribution in [0.15, 0.2) is 52.3 Å². The lowest BCUT2D eigenvalue weighted by molar-refractivity contribution is 0.274. The van der Waals surface area contributed by atoms with Crippen molar-refractivity contribution in [2.75, 3.05) is 11.9 Å². The van der Waals surface area contributed by atoms with Crippen molar-refractivity contribution in [1.29, 1.82) is 0 Å². The number of H-pyrrole nitrogens is 1. The Balaban J connectivity index is 1.77. The second kappa shape index (κ2) is 9.32. The van der Waals surface area contributed by atoms with Crippen molar-refractivity contribution in [3.05, 3.63) is 68.4 Å². The first-order valence-corrected chi connectivity index (χ1v) is 10.1. The summed E-state index contributed by atoms with van der Waals surface area (Å²) in [6.45, 7) is 1.54. The summed E-state index contributed by atoms with van der Waals surface area (Å²) in [7, 11) is 0. The number of nitrogens with one attached hydrogen (secondary N) is 2. The number of amidine groups is 1. The zero-order valence-electron chi connectivity index (χ0n) is 15.3. The number of hydrogen-bond acceptors (Lipinski definition) is 6. The van der Waals surface area contributed by atoms with Crippen LogP contribution in [0.2, 0.25) is 10.0 Å². The quantitative estimate of drug-likeness (QED) is 0.314. The van der Waals surface area contributed by atoms with Gasteiger partial charge < -0.3 is 20.9 Å². The van der Waals surface area contributed by atoms with E-state index in [2.05, 4.69) is 14.7 Å². The third-order valence-corrected chi connectivity index (χ3v) is 5.14. The fraction of sp³-hybridized carbons (Fsp3) is 0.158. The highest BCUT2D eigenvalue weighted by atomic mass is 35.5. The Labute approximate surface area is 180 Å². The fourth-order valence-corrected chi connectivity index (χ4v) is 3.60. The number of halogens is 2. The largest absolute Gasteiger partial charge is 0.456 e. The van der Waals surface area contributed by atoms with Gasteiger partial charge in [-0.25, -0.2) is 0 Å². The van der Waals surface area contributed by atoms with Gasteiger partial charge in [0.15, 0.2) is 0 Å². The maximum atomic E-state index is 12.1. The topological polar surface area (TPSA) is 113 Å². The molecule has 0 bridgehead atoms. The molecule has 3 rings (SSSR count). The van der Waals surface area contributed by atoms with Gasteiger partial charge in [0.05, 0.1) is 17.7 Å². The number of hydrogen-bond donors (Lipinski definition) is 4. The summed E-state index contributed by atoms with van der Waals surface area (Å²) in [5, 5.41) is 13.7. The minimum absolute atomic E-state index is 0.0638. The Morgan fingerprint density at radius 3 is 2.69 bits per heavy atom. The summed E-state index contributed by atoms with van der Waals surface area (Å²) in [6, 6.07) is 11.7. The van der Waals surface area contributed by atoms with Crippen molar-refractivity contribution in [2.24, 2.45) is 10.7 Å². The van der Waals surface area contributed by atoms with E-state index in [4.69, 9.17) is 38.8 Å². The predicted molar refractivity (Wildman–Crippen MR) is 118 cm³/mol. The van der Waals surface area contributed by atoms with Gasteiger partial charge in [0, 0.05) is 10.7 Å². The average molecular weight is 453 g/mol. The summed E-state index contributed by atoms with van der Waals surface area (Å²) in [5.41, 5.74) is 6.56. The number of benzene rings is 2. The molecule has 3 aromatic rings. The van der Waals surface area contributed by atoms with Crippen LogP contribution in [0.25, 0.3) is 0 Å². The predicted octanol–water partition coefficient (Wildman–Crippen LogP) is 4.37. The van der Waals surface area contributed by atoms with E-state index in [-0.39, 0.29) is 23.6 Å². The highest BCUT2D eigenvalue weighted by Crippen LogP contribution is 2.32. The van der Waals surface area contributed by atoms with E-state index < -0.39 is 6.04 Å². The van der Waals surface area contributed by atoms with Gasteiger partial charge in [0.25, 0.3) is 5.56 Å². The Bertz CT molecular complexity index is 1080. The zero-order valence-corrected chi connectivity index (χ0v) is 17.6. The molecular weight excluding hydrogens is 435 g/mol. The molecule has 10 heteroatoms. The number of aliphatic imine (C=N–C) groups is 1. The van der Waals surface area contributed by atoms with E-state index in [0.29, 0.717) is 26.5 Å². The number of rotatable bonds is 7. The van der Waals surface area contributed by atoms with Crippen LogP contribution >= 0.6 is 34.7 Å². The lowest BCUT2D eigenvalue weighted by Crippen LogP contribution is -2.24. The molecule has 0 aliphatic heterocycles. The monoisotopic (exact) mass is 452 g/mol. The molecule has 0 fully saturated rings. The molecule has 0 aliphatic rings. The molecule has 0 spiro atoms. The van der Waals surface area contributed by atoms with E-state index in [1.54, 1.807) is 49.4 Å². The Hall–Kier alpha value is -2.52. The lowest BCUT2D eigenvalue weighted by atomic mass is 10.2. The first-order chi connectivity index (χ1) is 13.9. The van der Waals surface area contributed by atoms with Crippen LogP contribution in [0.3, 0.4) is 0 Å². The van der Waals surface area contributed by atoms with Gasteiger partial charge in [0.2, 0.25) is 0 Å². The smallest absolute Gasteiger partial charge is 0.271 e. The normalized spacial score (nSPS) is 12.6. The summed E-state index contributed by atoms with van der Waals surface area (Å²) < 4.78 is 8.39. The van der Waals surface area contributed by atoms with Crippen LogP contribution in [0, 0.1) is 0 Å². The molecule has 0 saturated carbocycles. The minimum atomic E-state index is -0.404. The van der Waals surface area contributed by atoms with Crippen molar-refractivity contribution in [1.82, 2.24) is 4.37 Å². The molecule has 5 N–H and O–H groups in total. The number of nitrogens with zero attached hydrogens (tertiary/aromatic N) is 1. The van der Waals surface area contributed by atoms with Gasteiger partial charge in [-0.05, 0) is 60.9 Å². The van der Waals surface area contributed by atoms with E-state index in [1.165, 1.54) is 0 Å². The maximum absolute atomic E-state index is 12.1. The van der Waals surface area contributed by atoms with E-state index in [0.717, 1.165) is 17.2 Å². The third-order valence-electron chi connectivity index (χ3n) is 3.81. The van der Waals surface area contributed by atoms with Crippen molar-refractivity contribution < 1.29 is 9.84 Å². The minimum Gasteiger partial charge on any atom is -0.456 e. The maximum Gasteiger partial charge on any atom is 0.271 e. The van der Waals surface area contributed by atoms with Gasteiger partial charge >= 0.3 is 0 Å². The number of aromatic nitrogens is 1. The number of aliphatic hydroxyl groups excluding tert-OH is 1. The summed E-state index contributed by atoms with van der Waals surface area (Å²) in [4.78, 5) is 16.2. The second-order valence-corrected chi connectivity index (χ2v) is 7.77. The Morgan fingerprint density at radius 2 is 2.03 bits per heavy atom. The molecule has 0 unspecified atom stereocenters. The molecular formula is C19H18Cl2N4O3S. The fourth-order valence-electron chi connectivity index (χ4n) is 2.39. The molecule has 0 saturated heterocycles. The second-order valence-electron chi connectivity index (χ2n) is 6.11. The average Bonchev–Trinajstić information content (AvgIpc) is 3.05. The molecule has 0 radical (unpaired) electrons. The molecule has 1 atom stereocenters. The highest BCUT2D eigenvalue weighted by Gasteiger charge is 2.16. The van der Waals surface area contributed by atoms with Crippen LogP contribution < -0.4 is 21.3 Å². The Morgan fingerprint density at radius 1 is 1.31 bits per heavy atom. The molecule has 29 heavy (non-hydrogen) atoms. The van der Waals surface area contributed by atoms with Crippen LogP contribution in [-0.2, 0) is 0 Å². The van der Waals surface area contributed by atoms with Crippen LogP contribution in [0.5, 0.6) is 11.5 Å². The van der Waals surface area contributed by atoms with E-state index >= 15 is 0 Å². The summed E-state index contributed by atoms with van der Waals surface area (Å²) in [5.74, 6) is 1.14. The van der Waals surface area contributed by atoms with Crippen LogP contribution in [0.1, 0.15) is 12.5 Å². The van der Waals surface area contributed by atoms with Crippen molar-refractivity contribution >= 4 is 51.3 Å². The van der Waals surface area contributed by atoms with Crippen molar-refractivity contribution in [3.63, 3.8) is 0 Å². The number of ether oxygens (including phenoxy) is 1. The molecule has 7 nitrogen and oxygen atoms in total. The molecule has 0 aliphatic carbocycles. The SMILES string of the molecule is C[C@H](CO)N=C(N)c1c(Nc2ccc(Oc3ccc(Cl)cc3Cl)cc2)s[nH]c1=O. The van der Waals surface area contributed by atoms with Crippen LogP contribution in [-0.4, -0.2) is 28.0 Å². The summed E-state index contributed by atoms with van der Waals surface area (Å²) in [6.07, 6.45) is 0. The summed E-state index contributed by atoms with van der Waals surface area (Å²) >= 11 is 13.1. The number of aliphatic hydroxyl groups is 1. The number of aromatic amines is 1. The van der Waals surface area contributed by atoms with Gasteiger partial charge in [-0.15, -0.1) is 0 Å². The standard InChI is InChI=1S/C19H18Cl2N4O3S/c1-10(9-26)23-17(22)16-18(27)25-29-19(16)24-12-3-5-13(6-4-12)28-15-7-2-11(20)8-14(15)21/h2-8,10,24,26H,9H2,1H3,(H2,22,23)(H,25,27)/t10-/m1/s1. The first kappa shape index (κ1) is 21.2. The van der Waals surface area contributed by atoms with E-state index in [9.17, 15) is 4.79 Å². The molecule has 2 aromatic carbocycles. The van der Waals surface area contributed by atoms with Crippen LogP contribution in [0.4, 0.5) is 10.7 Å². The number of nitrogens with two attached hydrogens (primary N) is 1. The zero-order chi connectivity index (χ0) is 21.0. The molecule has 152 valence electrons. The highest BCUT2D eigenvalue weighted by molar-refractivity contribution is 7.10. The number of anilines is 2. The molecule has 0 amide bonds. The third kappa shape index (κ3) is 5.30. The van der Waals surface area contributed by atoms with Crippen molar-refractivity contribution in [3.8, 4) is 11.5 Å². The first-order valence-electron chi connectivity index (χ1n) is 8.53. The molecule has 1 heterocycles. The van der Waals surface area contributed by atoms with Gasteiger partial charge in [-0.2, -0.15) is 0 Å². The molecule has 1 aromatic heterocycles. The van der Waals surface area contributed by atoms with E-state index in [1.807, 2.05) is 0 Å². The Kier molecular flexibility index (Phi) is 6.81. The van der Waals surface area contributed by atoms with Crippen molar-refractivity contribution in [2.45, 2.75) is 13.0 Å². The van der Waals surface area contributed by atoms with Gasteiger partial charge in [0.1, 0.15) is 27.9 Å².